The van der Waals surface area contributed by atoms with Gasteiger partial charge in [0.1, 0.15) is 0 Å². The van der Waals surface area contributed by atoms with Gasteiger partial charge < -0.3 is 5.32 Å². The highest BCUT2D eigenvalue weighted by Crippen LogP contribution is 2.00. The molecule has 0 aromatic heterocycles. The van der Waals surface area contributed by atoms with Gasteiger partial charge in [0.05, 0.1) is 6.04 Å². The van der Waals surface area contributed by atoms with Crippen LogP contribution in [-0.2, 0) is 4.79 Å². The highest BCUT2D eigenvalue weighted by molar-refractivity contribution is 5.97. The SMILES string of the molecule is C#CC[C@@H](NC(=O)c1ccccc1)C(C)=O. The van der Waals surface area contributed by atoms with Gasteiger partial charge in [-0.05, 0) is 19.1 Å². The van der Waals surface area contributed by atoms with Crippen LogP contribution >= 0.6 is 0 Å². The summed E-state index contributed by atoms with van der Waals surface area (Å²) in [6.45, 7) is 1.41. The lowest BCUT2D eigenvalue weighted by molar-refractivity contribution is -0.118. The third-order valence-electron chi connectivity index (χ3n) is 2.15. The smallest absolute Gasteiger partial charge is 0.251 e. The van der Waals surface area contributed by atoms with Crippen LogP contribution in [0.15, 0.2) is 30.3 Å². The zero-order chi connectivity index (χ0) is 12.0. The molecule has 1 atom stereocenters. The van der Waals surface area contributed by atoms with Crippen molar-refractivity contribution in [3.05, 3.63) is 35.9 Å². The molecular weight excluding hydrogens is 202 g/mol. The van der Waals surface area contributed by atoms with E-state index in [9.17, 15) is 9.59 Å². The molecule has 0 heterocycles. The van der Waals surface area contributed by atoms with E-state index in [1.54, 1.807) is 24.3 Å². The zero-order valence-electron chi connectivity index (χ0n) is 9.07. The molecule has 0 aliphatic heterocycles. The summed E-state index contributed by atoms with van der Waals surface area (Å²) in [5, 5.41) is 2.60. The lowest BCUT2D eigenvalue weighted by Gasteiger charge is -2.12. The second-order valence-electron chi connectivity index (χ2n) is 3.41. The molecule has 1 rings (SSSR count). The second kappa shape index (κ2) is 5.72. The monoisotopic (exact) mass is 215 g/mol. The normalized spacial score (nSPS) is 11.2. The zero-order valence-corrected chi connectivity index (χ0v) is 9.07. The predicted octanol–water partition coefficient (Wildman–Crippen LogP) is 1.40. The summed E-state index contributed by atoms with van der Waals surface area (Å²) in [6, 6.07) is 8.11. The van der Waals surface area contributed by atoms with Crippen molar-refractivity contribution in [2.45, 2.75) is 19.4 Å². The van der Waals surface area contributed by atoms with Gasteiger partial charge in [-0.25, -0.2) is 0 Å². The van der Waals surface area contributed by atoms with E-state index in [1.807, 2.05) is 6.07 Å². The van der Waals surface area contributed by atoms with Crippen LogP contribution < -0.4 is 5.32 Å². The first kappa shape index (κ1) is 12.0. The van der Waals surface area contributed by atoms with Gasteiger partial charge in [0.2, 0.25) is 0 Å². The molecule has 0 saturated carbocycles. The highest BCUT2D eigenvalue weighted by atomic mass is 16.2. The Kier molecular flexibility index (Phi) is 4.28. The number of rotatable bonds is 4. The fourth-order valence-corrected chi connectivity index (χ4v) is 1.25. The van der Waals surface area contributed by atoms with Crippen LogP contribution in [0, 0.1) is 12.3 Å². The minimum absolute atomic E-state index is 0.137. The molecule has 0 bridgehead atoms. The van der Waals surface area contributed by atoms with Crippen molar-refractivity contribution in [3.8, 4) is 12.3 Å². The number of nitrogens with one attached hydrogen (secondary N) is 1. The lowest BCUT2D eigenvalue weighted by Crippen LogP contribution is -2.39. The molecule has 0 saturated heterocycles. The first-order chi connectivity index (χ1) is 7.65. The molecule has 0 radical (unpaired) electrons. The largest absolute Gasteiger partial charge is 0.341 e. The molecule has 0 unspecified atom stereocenters. The lowest BCUT2D eigenvalue weighted by atomic mass is 10.1. The van der Waals surface area contributed by atoms with Gasteiger partial charge in [0.15, 0.2) is 5.78 Å². The van der Waals surface area contributed by atoms with Crippen molar-refractivity contribution in [2.24, 2.45) is 0 Å². The third kappa shape index (κ3) is 3.25. The number of hydrogen-bond donors (Lipinski definition) is 1. The van der Waals surface area contributed by atoms with E-state index >= 15 is 0 Å². The summed E-state index contributed by atoms with van der Waals surface area (Å²) >= 11 is 0. The van der Waals surface area contributed by atoms with E-state index in [0.717, 1.165) is 0 Å². The van der Waals surface area contributed by atoms with Crippen molar-refractivity contribution >= 4 is 11.7 Å². The molecule has 1 aromatic carbocycles. The van der Waals surface area contributed by atoms with Crippen LogP contribution in [0.4, 0.5) is 0 Å². The van der Waals surface area contributed by atoms with Gasteiger partial charge >= 0.3 is 0 Å². The van der Waals surface area contributed by atoms with Crippen LogP contribution in [0.5, 0.6) is 0 Å². The average molecular weight is 215 g/mol. The summed E-state index contributed by atoms with van der Waals surface area (Å²) < 4.78 is 0. The maximum Gasteiger partial charge on any atom is 0.251 e. The number of terminal acetylenes is 1. The second-order valence-corrected chi connectivity index (χ2v) is 3.41. The Morgan fingerprint density at radius 2 is 2.00 bits per heavy atom. The van der Waals surface area contributed by atoms with E-state index in [4.69, 9.17) is 6.42 Å². The van der Waals surface area contributed by atoms with Crippen LogP contribution in [0.25, 0.3) is 0 Å². The molecule has 3 nitrogen and oxygen atoms in total. The Bertz CT molecular complexity index is 417. The molecule has 1 amide bonds. The Balaban J connectivity index is 2.70. The van der Waals surface area contributed by atoms with E-state index in [1.165, 1.54) is 6.92 Å². The Labute approximate surface area is 94.9 Å². The Morgan fingerprint density at radius 1 is 1.38 bits per heavy atom. The molecule has 0 aliphatic carbocycles. The molecular formula is C13H13NO2. The van der Waals surface area contributed by atoms with Crippen LogP contribution in [0.1, 0.15) is 23.7 Å². The van der Waals surface area contributed by atoms with Crippen LogP contribution in [0.2, 0.25) is 0 Å². The van der Waals surface area contributed by atoms with Crippen molar-refractivity contribution < 1.29 is 9.59 Å². The molecule has 0 aliphatic rings. The molecule has 0 spiro atoms. The van der Waals surface area contributed by atoms with Crippen molar-refractivity contribution in [3.63, 3.8) is 0 Å². The topological polar surface area (TPSA) is 46.2 Å². The number of amides is 1. The van der Waals surface area contributed by atoms with E-state index in [0.29, 0.717) is 5.56 Å². The molecule has 16 heavy (non-hydrogen) atoms. The van der Waals surface area contributed by atoms with Gasteiger partial charge in [0.25, 0.3) is 5.91 Å². The predicted molar refractivity (Wildman–Crippen MR) is 61.8 cm³/mol. The Morgan fingerprint density at radius 3 is 2.50 bits per heavy atom. The summed E-state index contributed by atoms with van der Waals surface area (Å²) in [7, 11) is 0. The molecule has 0 fully saturated rings. The molecule has 1 aromatic rings. The maximum absolute atomic E-state index is 11.7. The van der Waals surface area contributed by atoms with Crippen molar-refractivity contribution in [1.29, 1.82) is 0 Å². The molecule has 3 heteroatoms. The van der Waals surface area contributed by atoms with E-state index < -0.39 is 6.04 Å². The minimum Gasteiger partial charge on any atom is -0.341 e. The van der Waals surface area contributed by atoms with Crippen LogP contribution in [-0.4, -0.2) is 17.7 Å². The minimum atomic E-state index is -0.599. The van der Waals surface area contributed by atoms with E-state index in [-0.39, 0.29) is 18.1 Å². The number of carbonyl (C=O) groups is 2. The standard InChI is InChI=1S/C13H13NO2/c1-3-7-12(10(2)15)14-13(16)11-8-5-4-6-9-11/h1,4-6,8-9,12H,7H2,2H3,(H,14,16)/t12-/m1/s1. The number of benzene rings is 1. The van der Waals surface area contributed by atoms with Gasteiger partial charge in [-0.15, -0.1) is 12.3 Å². The van der Waals surface area contributed by atoms with Crippen molar-refractivity contribution in [2.75, 3.05) is 0 Å². The first-order valence-electron chi connectivity index (χ1n) is 4.95. The summed E-state index contributed by atoms with van der Waals surface area (Å²) in [4.78, 5) is 22.9. The van der Waals surface area contributed by atoms with Gasteiger partial charge in [-0.3, -0.25) is 9.59 Å². The van der Waals surface area contributed by atoms with E-state index in [2.05, 4.69) is 11.2 Å². The molecule has 1 N–H and O–H groups in total. The molecule has 82 valence electrons. The summed E-state index contributed by atoms with van der Waals surface area (Å²) in [5.74, 6) is 1.95. The van der Waals surface area contributed by atoms with Gasteiger partial charge in [-0.1, -0.05) is 18.2 Å². The average Bonchev–Trinajstić information content (AvgIpc) is 2.29. The number of carbonyl (C=O) groups excluding carboxylic acids is 2. The quantitative estimate of drug-likeness (QED) is 0.772. The summed E-state index contributed by atoms with van der Waals surface area (Å²) in [6.07, 6.45) is 5.34. The highest BCUT2D eigenvalue weighted by Gasteiger charge is 2.16. The third-order valence-corrected chi connectivity index (χ3v) is 2.15. The van der Waals surface area contributed by atoms with Gasteiger partial charge in [-0.2, -0.15) is 0 Å². The number of hydrogen-bond acceptors (Lipinski definition) is 2. The Hall–Kier alpha value is -2.08. The van der Waals surface area contributed by atoms with Crippen molar-refractivity contribution in [1.82, 2.24) is 5.32 Å². The number of ketones is 1. The van der Waals surface area contributed by atoms with Gasteiger partial charge in [0, 0.05) is 12.0 Å². The maximum atomic E-state index is 11.7. The number of Topliss-reactive ketones (excluding diaryl/α,β-unsaturated/α-hetero) is 1. The fourth-order valence-electron chi connectivity index (χ4n) is 1.25. The first-order valence-corrected chi connectivity index (χ1v) is 4.95. The fraction of sp³-hybridized carbons (Fsp3) is 0.231. The summed E-state index contributed by atoms with van der Waals surface area (Å²) in [5.41, 5.74) is 0.519. The van der Waals surface area contributed by atoms with Crippen LogP contribution in [0.3, 0.4) is 0 Å².